The maximum absolute atomic E-state index is 4.99. The molecule has 0 aliphatic heterocycles. The average molecular weight is 260 g/mol. The standard InChI is InChI=1S/C14H20N4O/c1-3-11-5-4-6-16-13(11)14-17-10-12(18-14)9-15-7-8-19-2/h4-6,10,15H,3,7-9H2,1-2H3,(H,17,18). The van der Waals surface area contributed by atoms with E-state index in [0.29, 0.717) is 6.61 Å². The van der Waals surface area contributed by atoms with Crippen molar-refractivity contribution in [3.63, 3.8) is 0 Å². The van der Waals surface area contributed by atoms with Gasteiger partial charge in [0, 0.05) is 32.1 Å². The zero-order chi connectivity index (χ0) is 13.5. The van der Waals surface area contributed by atoms with Crippen LogP contribution in [0, 0.1) is 0 Å². The Bertz CT molecular complexity index is 510. The van der Waals surface area contributed by atoms with Crippen LogP contribution >= 0.6 is 0 Å². The normalized spacial score (nSPS) is 10.8. The van der Waals surface area contributed by atoms with Gasteiger partial charge in [-0.2, -0.15) is 0 Å². The van der Waals surface area contributed by atoms with Crippen LogP contribution in [0.5, 0.6) is 0 Å². The van der Waals surface area contributed by atoms with Crippen molar-refractivity contribution in [2.24, 2.45) is 0 Å². The predicted octanol–water partition coefficient (Wildman–Crippen LogP) is 1.77. The van der Waals surface area contributed by atoms with Gasteiger partial charge in [0.15, 0.2) is 5.82 Å². The number of nitrogens with one attached hydrogen (secondary N) is 2. The molecule has 2 aromatic heterocycles. The highest BCUT2D eigenvalue weighted by Crippen LogP contribution is 2.18. The van der Waals surface area contributed by atoms with E-state index in [1.54, 1.807) is 13.3 Å². The Morgan fingerprint density at radius 1 is 1.37 bits per heavy atom. The fourth-order valence-corrected chi connectivity index (χ4v) is 1.90. The molecule has 2 aromatic rings. The third-order valence-electron chi connectivity index (χ3n) is 2.92. The number of methoxy groups -OCH3 is 1. The van der Waals surface area contributed by atoms with E-state index in [0.717, 1.165) is 36.7 Å². The van der Waals surface area contributed by atoms with Crippen molar-refractivity contribution in [3.8, 4) is 11.5 Å². The summed E-state index contributed by atoms with van der Waals surface area (Å²) in [5.41, 5.74) is 3.20. The Kier molecular flexibility index (Phi) is 5.06. The second-order valence-corrected chi connectivity index (χ2v) is 4.29. The highest BCUT2D eigenvalue weighted by Gasteiger charge is 2.08. The van der Waals surface area contributed by atoms with Gasteiger partial charge in [-0.1, -0.05) is 13.0 Å². The molecule has 0 atom stereocenters. The molecule has 0 bridgehead atoms. The van der Waals surface area contributed by atoms with E-state index in [1.807, 2.05) is 12.3 Å². The number of pyridine rings is 1. The first-order valence-electron chi connectivity index (χ1n) is 6.53. The molecule has 102 valence electrons. The molecule has 2 heterocycles. The smallest absolute Gasteiger partial charge is 0.156 e. The van der Waals surface area contributed by atoms with E-state index < -0.39 is 0 Å². The van der Waals surface area contributed by atoms with Crippen LogP contribution in [0.2, 0.25) is 0 Å². The van der Waals surface area contributed by atoms with E-state index in [-0.39, 0.29) is 0 Å². The van der Waals surface area contributed by atoms with E-state index >= 15 is 0 Å². The molecule has 0 amide bonds. The van der Waals surface area contributed by atoms with Crippen LogP contribution in [0.15, 0.2) is 24.5 Å². The first-order chi connectivity index (χ1) is 9.35. The molecule has 0 aliphatic carbocycles. The number of hydrogen-bond acceptors (Lipinski definition) is 4. The van der Waals surface area contributed by atoms with Gasteiger partial charge < -0.3 is 15.0 Å². The van der Waals surface area contributed by atoms with Gasteiger partial charge in [0.2, 0.25) is 0 Å². The Hall–Kier alpha value is -1.72. The van der Waals surface area contributed by atoms with Crippen molar-refractivity contribution in [2.45, 2.75) is 19.9 Å². The average Bonchev–Trinajstić information content (AvgIpc) is 2.92. The van der Waals surface area contributed by atoms with Gasteiger partial charge in [0.05, 0.1) is 12.8 Å². The largest absolute Gasteiger partial charge is 0.383 e. The number of nitrogens with zero attached hydrogens (tertiary/aromatic N) is 2. The lowest BCUT2D eigenvalue weighted by Crippen LogP contribution is -2.18. The van der Waals surface area contributed by atoms with Gasteiger partial charge in [-0.3, -0.25) is 4.98 Å². The Morgan fingerprint density at radius 3 is 3.05 bits per heavy atom. The molecule has 2 rings (SSSR count). The van der Waals surface area contributed by atoms with Crippen molar-refractivity contribution in [3.05, 3.63) is 35.8 Å². The zero-order valence-electron chi connectivity index (χ0n) is 11.4. The molecule has 0 aromatic carbocycles. The first kappa shape index (κ1) is 13.7. The molecule has 0 unspecified atom stereocenters. The zero-order valence-corrected chi connectivity index (χ0v) is 11.4. The predicted molar refractivity (Wildman–Crippen MR) is 74.8 cm³/mol. The molecule has 0 aliphatic rings. The molecular weight excluding hydrogens is 240 g/mol. The number of aromatic nitrogens is 3. The molecule has 2 N–H and O–H groups in total. The molecule has 0 spiro atoms. The first-order valence-corrected chi connectivity index (χ1v) is 6.53. The fourth-order valence-electron chi connectivity index (χ4n) is 1.90. The molecular formula is C14H20N4O. The monoisotopic (exact) mass is 260 g/mol. The molecule has 5 nitrogen and oxygen atoms in total. The van der Waals surface area contributed by atoms with Crippen molar-refractivity contribution in [1.29, 1.82) is 0 Å². The van der Waals surface area contributed by atoms with E-state index in [9.17, 15) is 0 Å². The summed E-state index contributed by atoms with van der Waals surface area (Å²) in [7, 11) is 1.70. The number of hydrogen-bond donors (Lipinski definition) is 2. The quantitative estimate of drug-likeness (QED) is 0.745. The minimum atomic E-state index is 0.710. The van der Waals surface area contributed by atoms with Crippen LogP contribution in [0.25, 0.3) is 11.5 Å². The minimum Gasteiger partial charge on any atom is -0.383 e. The van der Waals surface area contributed by atoms with Gasteiger partial charge >= 0.3 is 0 Å². The van der Waals surface area contributed by atoms with E-state index in [1.165, 1.54) is 5.56 Å². The minimum absolute atomic E-state index is 0.710. The molecule has 0 fully saturated rings. The van der Waals surface area contributed by atoms with Crippen LogP contribution in [0.3, 0.4) is 0 Å². The molecule has 0 saturated carbocycles. The summed E-state index contributed by atoms with van der Waals surface area (Å²) in [6.07, 6.45) is 4.60. The third kappa shape index (κ3) is 3.62. The van der Waals surface area contributed by atoms with E-state index in [2.05, 4.69) is 33.3 Å². The summed E-state index contributed by atoms with van der Waals surface area (Å²) in [5, 5.41) is 3.28. The van der Waals surface area contributed by atoms with Crippen LogP contribution in [-0.2, 0) is 17.7 Å². The molecule has 0 saturated heterocycles. The second-order valence-electron chi connectivity index (χ2n) is 4.29. The lowest BCUT2D eigenvalue weighted by Gasteiger charge is -2.03. The van der Waals surface area contributed by atoms with Gasteiger partial charge in [-0.25, -0.2) is 4.98 Å². The van der Waals surface area contributed by atoms with Crippen molar-refractivity contribution in [1.82, 2.24) is 20.3 Å². The van der Waals surface area contributed by atoms with Gasteiger partial charge in [0.1, 0.15) is 5.69 Å². The van der Waals surface area contributed by atoms with Crippen LogP contribution in [0.1, 0.15) is 18.2 Å². The Morgan fingerprint density at radius 2 is 2.26 bits per heavy atom. The van der Waals surface area contributed by atoms with E-state index in [4.69, 9.17) is 4.74 Å². The molecule has 5 heteroatoms. The highest BCUT2D eigenvalue weighted by molar-refractivity contribution is 5.54. The Balaban J connectivity index is 2.04. The third-order valence-corrected chi connectivity index (χ3v) is 2.92. The van der Waals surface area contributed by atoms with Gasteiger partial charge in [-0.15, -0.1) is 0 Å². The number of aromatic amines is 1. The Labute approximate surface area is 113 Å². The second kappa shape index (κ2) is 7.01. The number of H-pyrrole nitrogens is 1. The summed E-state index contributed by atoms with van der Waals surface area (Å²) >= 11 is 0. The summed E-state index contributed by atoms with van der Waals surface area (Å²) in [6.45, 7) is 4.41. The number of rotatable bonds is 7. The number of aryl methyl sites for hydroxylation is 1. The van der Waals surface area contributed by atoms with Crippen LogP contribution in [-0.4, -0.2) is 35.2 Å². The summed E-state index contributed by atoms with van der Waals surface area (Å²) in [4.78, 5) is 12.1. The van der Waals surface area contributed by atoms with Crippen LogP contribution < -0.4 is 5.32 Å². The summed E-state index contributed by atoms with van der Waals surface area (Å²) in [5.74, 6) is 0.834. The van der Waals surface area contributed by atoms with Crippen molar-refractivity contribution < 1.29 is 4.74 Å². The number of ether oxygens (including phenoxy) is 1. The highest BCUT2D eigenvalue weighted by atomic mass is 16.5. The number of imidazole rings is 1. The van der Waals surface area contributed by atoms with Crippen molar-refractivity contribution in [2.75, 3.05) is 20.3 Å². The fraction of sp³-hybridized carbons (Fsp3) is 0.429. The summed E-state index contributed by atoms with van der Waals surface area (Å²) in [6, 6.07) is 4.04. The lowest BCUT2D eigenvalue weighted by atomic mass is 10.1. The molecule has 0 radical (unpaired) electrons. The van der Waals surface area contributed by atoms with Crippen LogP contribution in [0.4, 0.5) is 0 Å². The summed E-state index contributed by atoms with van der Waals surface area (Å²) < 4.78 is 4.99. The SMILES string of the molecule is CCc1cccnc1-c1ncc(CNCCOC)[nH]1. The molecule has 19 heavy (non-hydrogen) atoms. The van der Waals surface area contributed by atoms with Gasteiger partial charge in [-0.05, 0) is 18.1 Å². The van der Waals surface area contributed by atoms with Gasteiger partial charge in [0.25, 0.3) is 0 Å². The topological polar surface area (TPSA) is 62.8 Å². The lowest BCUT2D eigenvalue weighted by molar-refractivity contribution is 0.199. The maximum Gasteiger partial charge on any atom is 0.156 e. The maximum atomic E-state index is 4.99. The van der Waals surface area contributed by atoms with Crippen molar-refractivity contribution >= 4 is 0 Å².